The summed E-state index contributed by atoms with van der Waals surface area (Å²) in [5.41, 5.74) is 1.40. The van der Waals surface area contributed by atoms with Crippen molar-refractivity contribution in [2.45, 2.75) is 24.8 Å². The molecule has 6 heteroatoms. The number of halogens is 1. The van der Waals surface area contributed by atoms with E-state index in [1.165, 1.54) is 19.2 Å². The number of carbonyl (C=O) groups excluding carboxylic acids is 2. The molecule has 0 unspecified atom stereocenters. The fourth-order valence-electron chi connectivity index (χ4n) is 3.36. The van der Waals surface area contributed by atoms with Crippen LogP contribution < -0.4 is 5.32 Å². The molecule has 0 bridgehead atoms. The number of esters is 1. The van der Waals surface area contributed by atoms with Crippen molar-refractivity contribution >= 4 is 11.9 Å². The van der Waals surface area contributed by atoms with Crippen LogP contribution in [0.5, 0.6) is 0 Å². The van der Waals surface area contributed by atoms with Crippen molar-refractivity contribution in [1.82, 2.24) is 5.32 Å². The molecule has 0 radical (unpaired) electrons. The largest absolute Gasteiger partial charge is 0.465 e. The van der Waals surface area contributed by atoms with Gasteiger partial charge in [0, 0.05) is 19.8 Å². The van der Waals surface area contributed by atoms with Gasteiger partial charge in [0.25, 0.3) is 0 Å². The highest BCUT2D eigenvalue weighted by Gasteiger charge is 2.41. The van der Waals surface area contributed by atoms with Crippen LogP contribution in [0, 0.1) is 5.82 Å². The minimum Gasteiger partial charge on any atom is -0.465 e. The first-order valence-electron chi connectivity index (χ1n) is 8.84. The summed E-state index contributed by atoms with van der Waals surface area (Å²) < 4.78 is 23.4. The van der Waals surface area contributed by atoms with Gasteiger partial charge in [0.05, 0.1) is 18.1 Å². The Balaban J connectivity index is 1.73. The molecular formula is C21H22FNO4. The lowest BCUT2D eigenvalue weighted by Crippen LogP contribution is -2.47. The van der Waals surface area contributed by atoms with E-state index in [1.54, 1.807) is 36.4 Å². The average molecular weight is 371 g/mol. The van der Waals surface area contributed by atoms with Gasteiger partial charge < -0.3 is 14.8 Å². The highest BCUT2D eigenvalue weighted by Crippen LogP contribution is 2.35. The Labute approximate surface area is 157 Å². The molecule has 27 heavy (non-hydrogen) atoms. The summed E-state index contributed by atoms with van der Waals surface area (Å²) in [7, 11) is 1.33. The Bertz CT molecular complexity index is 796. The van der Waals surface area contributed by atoms with Gasteiger partial charge in [0.2, 0.25) is 5.91 Å². The van der Waals surface area contributed by atoms with Gasteiger partial charge in [-0.1, -0.05) is 24.3 Å². The van der Waals surface area contributed by atoms with Crippen LogP contribution >= 0.6 is 0 Å². The van der Waals surface area contributed by atoms with E-state index < -0.39 is 11.4 Å². The summed E-state index contributed by atoms with van der Waals surface area (Å²) in [5.74, 6) is -0.829. The molecule has 2 aromatic rings. The molecule has 1 heterocycles. The minimum atomic E-state index is -0.724. The number of hydrogen-bond acceptors (Lipinski definition) is 4. The minimum absolute atomic E-state index is 0.102. The van der Waals surface area contributed by atoms with Crippen molar-refractivity contribution in [2.75, 3.05) is 20.3 Å². The van der Waals surface area contributed by atoms with E-state index in [0.29, 0.717) is 38.2 Å². The zero-order valence-electron chi connectivity index (χ0n) is 15.2. The zero-order chi connectivity index (χ0) is 19.3. The number of methoxy groups -OCH3 is 1. The Morgan fingerprint density at radius 3 is 2.30 bits per heavy atom. The maximum absolute atomic E-state index is 13.3. The third-order valence-corrected chi connectivity index (χ3v) is 5.01. The van der Waals surface area contributed by atoms with Crippen LogP contribution in [0.15, 0.2) is 48.5 Å². The second-order valence-electron chi connectivity index (χ2n) is 6.57. The first kappa shape index (κ1) is 19.0. The van der Waals surface area contributed by atoms with Gasteiger partial charge in [-0.25, -0.2) is 9.18 Å². The molecule has 1 N–H and O–H groups in total. The third-order valence-electron chi connectivity index (χ3n) is 5.01. The molecule has 1 amide bonds. The van der Waals surface area contributed by atoms with Gasteiger partial charge in [-0.2, -0.15) is 0 Å². The number of hydrogen-bond donors (Lipinski definition) is 1. The van der Waals surface area contributed by atoms with Crippen LogP contribution in [0.4, 0.5) is 4.39 Å². The highest BCUT2D eigenvalue weighted by molar-refractivity contribution is 5.89. The number of benzene rings is 2. The molecular weight excluding hydrogens is 349 g/mol. The Hall–Kier alpha value is -2.73. The molecule has 1 fully saturated rings. The van der Waals surface area contributed by atoms with E-state index in [1.807, 2.05) is 0 Å². The van der Waals surface area contributed by atoms with Crippen molar-refractivity contribution < 1.29 is 23.5 Å². The molecule has 0 aliphatic carbocycles. The molecule has 142 valence electrons. The molecule has 1 saturated heterocycles. The molecule has 0 aromatic heterocycles. The van der Waals surface area contributed by atoms with Gasteiger partial charge in [0.1, 0.15) is 5.82 Å². The van der Waals surface area contributed by atoms with Crippen molar-refractivity contribution in [1.29, 1.82) is 0 Å². The highest BCUT2D eigenvalue weighted by atomic mass is 19.1. The maximum Gasteiger partial charge on any atom is 0.337 e. The SMILES string of the molecule is COC(=O)c1ccc(CNC(=O)C2(c3ccc(F)cc3)CCOCC2)cc1. The normalized spacial score (nSPS) is 15.8. The van der Waals surface area contributed by atoms with Crippen molar-refractivity contribution in [3.8, 4) is 0 Å². The molecule has 2 aromatic carbocycles. The Morgan fingerprint density at radius 2 is 1.70 bits per heavy atom. The van der Waals surface area contributed by atoms with Gasteiger partial charge in [-0.3, -0.25) is 4.79 Å². The maximum atomic E-state index is 13.3. The molecule has 0 spiro atoms. The van der Waals surface area contributed by atoms with Crippen LogP contribution in [0.1, 0.15) is 34.3 Å². The summed E-state index contributed by atoms with van der Waals surface area (Å²) in [4.78, 5) is 24.6. The Kier molecular flexibility index (Phi) is 5.86. The monoisotopic (exact) mass is 371 g/mol. The van der Waals surface area contributed by atoms with Crippen molar-refractivity contribution in [3.05, 3.63) is 71.0 Å². The molecule has 5 nitrogen and oxygen atoms in total. The number of nitrogens with one attached hydrogen (secondary N) is 1. The summed E-state index contributed by atoms with van der Waals surface area (Å²) in [5, 5.41) is 2.98. The zero-order valence-corrected chi connectivity index (χ0v) is 15.2. The van der Waals surface area contributed by atoms with E-state index in [9.17, 15) is 14.0 Å². The lowest BCUT2D eigenvalue weighted by molar-refractivity contribution is -0.130. The second kappa shape index (κ2) is 8.31. The molecule has 3 rings (SSSR count). The predicted molar refractivity (Wildman–Crippen MR) is 97.8 cm³/mol. The lowest BCUT2D eigenvalue weighted by atomic mass is 9.73. The van der Waals surface area contributed by atoms with Crippen LogP contribution in [0.2, 0.25) is 0 Å². The number of amides is 1. The third kappa shape index (κ3) is 4.17. The smallest absolute Gasteiger partial charge is 0.337 e. The average Bonchev–Trinajstić information content (AvgIpc) is 2.72. The van der Waals surface area contributed by atoms with Gasteiger partial charge >= 0.3 is 5.97 Å². The molecule has 1 aliphatic rings. The van der Waals surface area contributed by atoms with Gasteiger partial charge in [-0.05, 0) is 48.2 Å². The van der Waals surface area contributed by atoms with E-state index >= 15 is 0 Å². The fraction of sp³-hybridized carbons (Fsp3) is 0.333. The van der Waals surface area contributed by atoms with Gasteiger partial charge in [0.15, 0.2) is 0 Å². The lowest BCUT2D eigenvalue weighted by Gasteiger charge is -2.36. The number of carbonyl (C=O) groups is 2. The van der Waals surface area contributed by atoms with Crippen LogP contribution in [-0.4, -0.2) is 32.2 Å². The molecule has 0 saturated carbocycles. The van der Waals surface area contributed by atoms with Crippen molar-refractivity contribution in [3.63, 3.8) is 0 Å². The summed E-state index contributed by atoms with van der Waals surface area (Å²) >= 11 is 0. The second-order valence-corrected chi connectivity index (χ2v) is 6.57. The fourth-order valence-corrected chi connectivity index (χ4v) is 3.36. The van der Waals surface area contributed by atoms with E-state index in [4.69, 9.17) is 4.74 Å². The number of rotatable bonds is 5. The van der Waals surface area contributed by atoms with Crippen LogP contribution in [0.3, 0.4) is 0 Å². The summed E-state index contributed by atoms with van der Waals surface area (Å²) in [6, 6.07) is 13.0. The van der Waals surface area contributed by atoms with E-state index in [2.05, 4.69) is 10.1 Å². The van der Waals surface area contributed by atoms with Gasteiger partial charge in [-0.15, -0.1) is 0 Å². The number of ether oxygens (including phenoxy) is 2. The van der Waals surface area contributed by atoms with Crippen molar-refractivity contribution in [2.24, 2.45) is 0 Å². The standard InChI is InChI=1S/C21H22FNO4/c1-26-19(24)16-4-2-15(3-5-16)14-23-20(25)21(10-12-27-13-11-21)17-6-8-18(22)9-7-17/h2-9H,10-14H2,1H3,(H,23,25). The van der Waals surface area contributed by atoms with Crippen LogP contribution in [0.25, 0.3) is 0 Å². The van der Waals surface area contributed by atoms with E-state index in [0.717, 1.165) is 11.1 Å². The Morgan fingerprint density at radius 1 is 1.07 bits per heavy atom. The molecule has 1 aliphatic heterocycles. The summed E-state index contributed by atoms with van der Waals surface area (Å²) in [6.07, 6.45) is 1.09. The first-order chi connectivity index (χ1) is 13.0. The molecule has 0 atom stereocenters. The first-order valence-corrected chi connectivity index (χ1v) is 8.84. The van der Waals surface area contributed by atoms with E-state index in [-0.39, 0.29) is 11.7 Å². The topological polar surface area (TPSA) is 64.6 Å². The van der Waals surface area contributed by atoms with Crippen LogP contribution in [-0.2, 0) is 26.2 Å². The summed E-state index contributed by atoms with van der Waals surface area (Å²) in [6.45, 7) is 1.31. The predicted octanol–water partition coefficient (Wildman–Crippen LogP) is 2.98. The quantitative estimate of drug-likeness (QED) is 0.821.